The molecule has 0 radical (unpaired) electrons. The maximum atomic E-state index is 6.38. The van der Waals surface area contributed by atoms with E-state index in [0.717, 1.165) is 13.0 Å². The first kappa shape index (κ1) is 13.6. The number of aromatic nitrogens is 2. The van der Waals surface area contributed by atoms with E-state index >= 15 is 0 Å². The Bertz CT molecular complexity index is 371. The fraction of sp³-hybridized carbons (Fsp3) is 0.800. The average Bonchev–Trinajstić information content (AvgIpc) is 2.76. The molecular weight excluding hydrogens is 222 g/mol. The molecule has 1 aliphatic rings. The SMILES string of the molecule is CCn1cc(CC(N)C2CCC(C)(C)CC2)cn1. The third-order valence-electron chi connectivity index (χ3n) is 4.47. The van der Waals surface area contributed by atoms with Gasteiger partial charge in [-0.1, -0.05) is 13.8 Å². The summed E-state index contributed by atoms with van der Waals surface area (Å²) in [4.78, 5) is 0. The Morgan fingerprint density at radius 3 is 2.67 bits per heavy atom. The lowest BCUT2D eigenvalue weighted by molar-refractivity contribution is 0.173. The summed E-state index contributed by atoms with van der Waals surface area (Å²) < 4.78 is 1.98. The summed E-state index contributed by atoms with van der Waals surface area (Å²) in [6.07, 6.45) is 10.3. The molecule has 1 saturated carbocycles. The first-order valence-electron chi connectivity index (χ1n) is 7.27. The van der Waals surface area contributed by atoms with E-state index in [1.54, 1.807) is 0 Å². The van der Waals surface area contributed by atoms with Gasteiger partial charge in [-0.2, -0.15) is 5.10 Å². The van der Waals surface area contributed by atoms with Gasteiger partial charge in [0.1, 0.15) is 0 Å². The molecule has 0 bridgehead atoms. The van der Waals surface area contributed by atoms with Gasteiger partial charge in [0.15, 0.2) is 0 Å². The second-order valence-electron chi connectivity index (χ2n) is 6.57. The van der Waals surface area contributed by atoms with Crippen LogP contribution >= 0.6 is 0 Å². The zero-order valence-electron chi connectivity index (χ0n) is 12.0. The fourth-order valence-electron chi connectivity index (χ4n) is 2.97. The monoisotopic (exact) mass is 249 g/mol. The van der Waals surface area contributed by atoms with Crippen molar-refractivity contribution in [3.05, 3.63) is 18.0 Å². The highest BCUT2D eigenvalue weighted by Gasteiger charge is 2.29. The second-order valence-corrected chi connectivity index (χ2v) is 6.57. The maximum Gasteiger partial charge on any atom is 0.0522 e. The number of nitrogens with two attached hydrogens (primary N) is 1. The molecule has 18 heavy (non-hydrogen) atoms. The van der Waals surface area contributed by atoms with Crippen molar-refractivity contribution in [1.82, 2.24) is 9.78 Å². The third kappa shape index (κ3) is 3.35. The van der Waals surface area contributed by atoms with Crippen molar-refractivity contribution >= 4 is 0 Å². The molecule has 3 nitrogen and oxygen atoms in total. The van der Waals surface area contributed by atoms with Crippen LogP contribution in [0.5, 0.6) is 0 Å². The van der Waals surface area contributed by atoms with Crippen molar-refractivity contribution in [3.8, 4) is 0 Å². The van der Waals surface area contributed by atoms with Crippen molar-refractivity contribution < 1.29 is 0 Å². The Balaban J connectivity index is 1.86. The standard InChI is InChI=1S/C15H27N3/c1-4-18-11-12(10-17-18)9-14(16)13-5-7-15(2,3)8-6-13/h10-11,13-14H,4-9,16H2,1-3H3. The minimum absolute atomic E-state index is 0.301. The summed E-state index contributed by atoms with van der Waals surface area (Å²) in [5.74, 6) is 0.697. The van der Waals surface area contributed by atoms with Crippen LogP contribution in [0.1, 0.15) is 52.0 Å². The lowest BCUT2D eigenvalue weighted by Crippen LogP contribution is -2.36. The van der Waals surface area contributed by atoms with Gasteiger partial charge in [-0.25, -0.2) is 0 Å². The highest BCUT2D eigenvalue weighted by Crippen LogP contribution is 2.39. The Kier molecular flexibility index (Phi) is 4.10. The van der Waals surface area contributed by atoms with Crippen LogP contribution in [0, 0.1) is 11.3 Å². The first-order chi connectivity index (χ1) is 8.50. The van der Waals surface area contributed by atoms with E-state index < -0.39 is 0 Å². The molecule has 0 saturated heterocycles. The summed E-state index contributed by atoms with van der Waals surface area (Å²) >= 11 is 0. The molecule has 0 amide bonds. The summed E-state index contributed by atoms with van der Waals surface area (Å²) in [5, 5.41) is 4.32. The van der Waals surface area contributed by atoms with Gasteiger partial charge in [0, 0.05) is 18.8 Å². The Morgan fingerprint density at radius 1 is 1.44 bits per heavy atom. The number of nitrogens with zero attached hydrogens (tertiary/aromatic N) is 2. The minimum Gasteiger partial charge on any atom is -0.327 e. The van der Waals surface area contributed by atoms with Crippen LogP contribution in [-0.4, -0.2) is 15.8 Å². The van der Waals surface area contributed by atoms with E-state index in [4.69, 9.17) is 5.73 Å². The second kappa shape index (κ2) is 5.43. The number of hydrogen-bond acceptors (Lipinski definition) is 2. The average molecular weight is 249 g/mol. The maximum absolute atomic E-state index is 6.38. The summed E-state index contributed by atoms with van der Waals surface area (Å²) in [6.45, 7) is 7.80. The zero-order chi connectivity index (χ0) is 13.2. The number of aryl methyl sites for hydroxylation is 1. The zero-order valence-corrected chi connectivity index (χ0v) is 12.0. The molecule has 0 aromatic carbocycles. The van der Waals surface area contributed by atoms with Gasteiger partial charge in [0.25, 0.3) is 0 Å². The molecule has 1 fully saturated rings. The van der Waals surface area contributed by atoms with Crippen molar-refractivity contribution in [3.63, 3.8) is 0 Å². The summed E-state index contributed by atoms with van der Waals surface area (Å²) in [7, 11) is 0. The van der Waals surface area contributed by atoms with Gasteiger partial charge < -0.3 is 5.73 Å². The van der Waals surface area contributed by atoms with Crippen molar-refractivity contribution in [2.75, 3.05) is 0 Å². The van der Waals surface area contributed by atoms with Crippen molar-refractivity contribution in [1.29, 1.82) is 0 Å². The molecule has 3 heteroatoms. The highest BCUT2D eigenvalue weighted by molar-refractivity contribution is 5.06. The number of rotatable bonds is 4. The molecule has 1 unspecified atom stereocenters. The van der Waals surface area contributed by atoms with Gasteiger partial charge >= 0.3 is 0 Å². The van der Waals surface area contributed by atoms with E-state index in [0.29, 0.717) is 17.4 Å². The quantitative estimate of drug-likeness (QED) is 0.891. The van der Waals surface area contributed by atoms with Gasteiger partial charge in [-0.05, 0) is 55.9 Å². The van der Waals surface area contributed by atoms with E-state index in [2.05, 4.69) is 32.1 Å². The van der Waals surface area contributed by atoms with Crippen molar-refractivity contribution in [2.24, 2.45) is 17.1 Å². The largest absolute Gasteiger partial charge is 0.327 e. The van der Waals surface area contributed by atoms with Crippen LogP contribution in [0.2, 0.25) is 0 Å². The van der Waals surface area contributed by atoms with E-state index in [9.17, 15) is 0 Å². The predicted molar refractivity (Wildman–Crippen MR) is 75.3 cm³/mol. The third-order valence-corrected chi connectivity index (χ3v) is 4.47. The molecule has 0 aliphatic heterocycles. The van der Waals surface area contributed by atoms with Crippen molar-refractivity contribution in [2.45, 2.75) is 65.5 Å². The predicted octanol–water partition coefficient (Wildman–Crippen LogP) is 2.99. The summed E-state index contributed by atoms with van der Waals surface area (Å²) in [5.41, 5.74) is 8.20. The van der Waals surface area contributed by atoms with Crippen LogP contribution in [0.3, 0.4) is 0 Å². The normalized spacial score (nSPS) is 22.0. The Hall–Kier alpha value is -0.830. The lowest BCUT2D eigenvalue weighted by atomic mass is 9.70. The minimum atomic E-state index is 0.301. The van der Waals surface area contributed by atoms with Gasteiger partial charge in [0.05, 0.1) is 6.20 Å². The van der Waals surface area contributed by atoms with Gasteiger partial charge in [0.2, 0.25) is 0 Å². The molecule has 1 aromatic rings. The lowest BCUT2D eigenvalue weighted by Gasteiger charge is -2.36. The topological polar surface area (TPSA) is 43.8 Å². The molecule has 1 aliphatic carbocycles. The Labute approximate surface area is 111 Å². The van der Waals surface area contributed by atoms with Crippen LogP contribution in [-0.2, 0) is 13.0 Å². The molecular formula is C15H27N3. The van der Waals surface area contributed by atoms with E-state index in [-0.39, 0.29) is 0 Å². The molecule has 1 aromatic heterocycles. The van der Waals surface area contributed by atoms with E-state index in [1.165, 1.54) is 31.2 Å². The van der Waals surface area contributed by atoms with E-state index in [1.807, 2.05) is 10.9 Å². The fourth-order valence-corrected chi connectivity index (χ4v) is 2.97. The van der Waals surface area contributed by atoms with Crippen LogP contribution < -0.4 is 5.73 Å². The highest BCUT2D eigenvalue weighted by atomic mass is 15.3. The van der Waals surface area contributed by atoms with Crippen LogP contribution in [0.25, 0.3) is 0 Å². The van der Waals surface area contributed by atoms with Gasteiger partial charge in [-0.3, -0.25) is 4.68 Å². The molecule has 1 heterocycles. The molecule has 2 N–H and O–H groups in total. The van der Waals surface area contributed by atoms with Crippen LogP contribution in [0.4, 0.5) is 0 Å². The van der Waals surface area contributed by atoms with Gasteiger partial charge in [-0.15, -0.1) is 0 Å². The molecule has 102 valence electrons. The molecule has 0 spiro atoms. The molecule has 2 rings (SSSR count). The summed E-state index contributed by atoms with van der Waals surface area (Å²) in [6, 6.07) is 0.301. The Morgan fingerprint density at radius 2 is 2.11 bits per heavy atom. The smallest absolute Gasteiger partial charge is 0.0522 e. The van der Waals surface area contributed by atoms with Crippen LogP contribution in [0.15, 0.2) is 12.4 Å². The number of hydrogen-bond donors (Lipinski definition) is 1. The first-order valence-corrected chi connectivity index (χ1v) is 7.27. The molecule has 1 atom stereocenters.